The molecule has 0 radical (unpaired) electrons. The van der Waals surface area contributed by atoms with Crippen LogP contribution in [0.1, 0.15) is 20.3 Å². The number of hydrogen-bond donors (Lipinski definition) is 1. The molecule has 0 aliphatic heterocycles. The predicted octanol–water partition coefficient (Wildman–Crippen LogP) is 2.32. The molecular weight excluding hydrogens is 358 g/mol. The largest absolute Gasteiger partial charge is 0.383 e. The molecule has 1 unspecified atom stereocenters. The second-order valence-corrected chi connectivity index (χ2v) is 7.39. The fourth-order valence-corrected chi connectivity index (χ4v) is 4.24. The van der Waals surface area contributed by atoms with Gasteiger partial charge in [-0.1, -0.05) is 6.92 Å². The maximum atomic E-state index is 12.9. The number of anilines is 1. The van der Waals surface area contributed by atoms with Crippen molar-refractivity contribution in [3.63, 3.8) is 0 Å². The molecular formula is C13H22BrN3O3S. The van der Waals surface area contributed by atoms with Crippen LogP contribution in [0.3, 0.4) is 0 Å². The zero-order valence-corrected chi connectivity index (χ0v) is 15.2. The van der Waals surface area contributed by atoms with Gasteiger partial charge in [0.15, 0.2) is 0 Å². The number of sulfonamides is 1. The van der Waals surface area contributed by atoms with Crippen molar-refractivity contribution >= 4 is 31.8 Å². The van der Waals surface area contributed by atoms with E-state index in [0.29, 0.717) is 23.4 Å². The van der Waals surface area contributed by atoms with E-state index in [1.807, 2.05) is 13.8 Å². The van der Waals surface area contributed by atoms with Gasteiger partial charge in [0.1, 0.15) is 10.7 Å². The van der Waals surface area contributed by atoms with Gasteiger partial charge in [0.2, 0.25) is 10.0 Å². The minimum atomic E-state index is -3.65. The SMILES string of the molecule is CCC(C)N(CCOC)S(=O)(=O)c1cc(Br)cnc1NC. The van der Waals surface area contributed by atoms with Crippen molar-refractivity contribution in [2.24, 2.45) is 0 Å². The minimum Gasteiger partial charge on any atom is -0.383 e. The molecule has 0 aromatic carbocycles. The van der Waals surface area contributed by atoms with Crippen LogP contribution in [0.4, 0.5) is 5.82 Å². The number of nitrogens with zero attached hydrogens (tertiary/aromatic N) is 2. The van der Waals surface area contributed by atoms with Crippen molar-refractivity contribution in [3.05, 3.63) is 16.7 Å². The second kappa shape index (κ2) is 8.07. The van der Waals surface area contributed by atoms with Crippen LogP contribution in [0.2, 0.25) is 0 Å². The summed E-state index contributed by atoms with van der Waals surface area (Å²) in [6, 6.07) is 1.45. The lowest BCUT2D eigenvalue weighted by molar-refractivity contribution is 0.167. The summed E-state index contributed by atoms with van der Waals surface area (Å²) >= 11 is 3.28. The lowest BCUT2D eigenvalue weighted by Gasteiger charge is -2.28. The Morgan fingerprint density at radius 3 is 2.71 bits per heavy atom. The number of rotatable bonds is 8. The highest BCUT2D eigenvalue weighted by Crippen LogP contribution is 2.27. The van der Waals surface area contributed by atoms with E-state index in [9.17, 15) is 8.42 Å². The third-order valence-corrected chi connectivity index (χ3v) is 5.70. The zero-order chi connectivity index (χ0) is 16.0. The maximum absolute atomic E-state index is 12.9. The number of ether oxygens (including phenoxy) is 1. The van der Waals surface area contributed by atoms with E-state index in [4.69, 9.17) is 4.74 Å². The lowest BCUT2D eigenvalue weighted by Crippen LogP contribution is -2.40. The standard InChI is InChI=1S/C13H22BrN3O3S/c1-5-10(2)17(6-7-20-4)21(18,19)12-8-11(14)9-16-13(12)15-3/h8-10H,5-7H2,1-4H3,(H,15,16). The first-order valence-corrected chi connectivity index (χ1v) is 8.95. The van der Waals surface area contributed by atoms with Gasteiger partial charge in [-0.3, -0.25) is 0 Å². The molecule has 0 saturated heterocycles. The van der Waals surface area contributed by atoms with E-state index < -0.39 is 10.0 Å². The van der Waals surface area contributed by atoms with Crippen molar-refractivity contribution in [1.29, 1.82) is 0 Å². The molecule has 21 heavy (non-hydrogen) atoms. The van der Waals surface area contributed by atoms with Crippen LogP contribution in [-0.4, -0.2) is 51.1 Å². The molecule has 1 aromatic rings. The number of pyridine rings is 1. The molecule has 0 fully saturated rings. The molecule has 0 aliphatic carbocycles. The van der Waals surface area contributed by atoms with Crippen molar-refractivity contribution in [3.8, 4) is 0 Å². The number of methoxy groups -OCH3 is 1. The molecule has 0 saturated carbocycles. The molecule has 0 bridgehead atoms. The summed E-state index contributed by atoms with van der Waals surface area (Å²) in [6.45, 7) is 4.50. The van der Waals surface area contributed by atoms with Gasteiger partial charge < -0.3 is 10.1 Å². The summed E-state index contributed by atoms with van der Waals surface area (Å²) in [4.78, 5) is 4.28. The topological polar surface area (TPSA) is 71.5 Å². The number of halogens is 1. The zero-order valence-electron chi connectivity index (χ0n) is 12.8. The van der Waals surface area contributed by atoms with E-state index in [0.717, 1.165) is 6.42 Å². The molecule has 6 nitrogen and oxygen atoms in total. The fraction of sp³-hybridized carbons (Fsp3) is 0.615. The Kier molecular flexibility index (Phi) is 7.05. The second-order valence-electron chi connectivity index (χ2n) is 4.62. The van der Waals surface area contributed by atoms with Gasteiger partial charge in [0.25, 0.3) is 0 Å². The lowest BCUT2D eigenvalue weighted by atomic mass is 10.3. The average molecular weight is 380 g/mol. The summed E-state index contributed by atoms with van der Waals surface area (Å²) in [5, 5.41) is 2.83. The normalized spacial score (nSPS) is 13.4. The van der Waals surface area contributed by atoms with Gasteiger partial charge >= 0.3 is 0 Å². The van der Waals surface area contributed by atoms with E-state index >= 15 is 0 Å². The van der Waals surface area contributed by atoms with Gasteiger partial charge in [-0.25, -0.2) is 13.4 Å². The fourth-order valence-electron chi connectivity index (χ4n) is 1.89. The molecule has 0 aliphatic rings. The predicted molar refractivity (Wildman–Crippen MR) is 87.0 cm³/mol. The summed E-state index contributed by atoms with van der Waals surface area (Å²) in [6.07, 6.45) is 2.28. The van der Waals surface area contributed by atoms with Crippen molar-refractivity contribution in [1.82, 2.24) is 9.29 Å². The Bertz CT molecular complexity index is 566. The van der Waals surface area contributed by atoms with Gasteiger partial charge in [-0.05, 0) is 35.3 Å². The summed E-state index contributed by atoms with van der Waals surface area (Å²) in [7, 11) is -0.444. The molecule has 0 spiro atoms. The van der Waals surface area contributed by atoms with Crippen molar-refractivity contribution in [2.45, 2.75) is 31.2 Å². The molecule has 1 rings (SSSR count). The van der Waals surface area contributed by atoms with Crippen molar-refractivity contribution < 1.29 is 13.2 Å². The highest BCUT2D eigenvalue weighted by molar-refractivity contribution is 9.10. The maximum Gasteiger partial charge on any atom is 0.247 e. The Balaban J connectivity index is 3.31. The van der Waals surface area contributed by atoms with Gasteiger partial charge in [-0.2, -0.15) is 4.31 Å². The monoisotopic (exact) mass is 379 g/mol. The van der Waals surface area contributed by atoms with Crippen LogP contribution in [0, 0.1) is 0 Å². The van der Waals surface area contributed by atoms with Gasteiger partial charge in [0, 0.05) is 37.4 Å². The van der Waals surface area contributed by atoms with Crippen LogP contribution < -0.4 is 5.32 Å². The first-order chi connectivity index (χ1) is 9.88. The third kappa shape index (κ3) is 4.38. The summed E-state index contributed by atoms with van der Waals surface area (Å²) < 4.78 is 33.0. The quantitative estimate of drug-likeness (QED) is 0.750. The summed E-state index contributed by atoms with van der Waals surface area (Å²) in [5.41, 5.74) is 0. The molecule has 1 atom stereocenters. The van der Waals surface area contributed by atoms with E-state index in [1.54, 1.807) is 26.4 Å². The third-order valence-electron chi connectivity index (χ3n) is 3.24. The van der Waals surface area contributed by atoms with Gasteiger partial charge in [-0.15, -0.1) is 0 Å². The Hall–Kier alpha value is -0.700. The highest BCUT2D eigenvalue weighted by Gasteiger charge is 2.30. The Labute approximate surface area is 135 Å². The van der Waals surface area contributed by atoms with Crippen LogP contribution in [-0.2, 0) is 14.8 Å². The number of aromatic nitrogens is 1. The molecule has 1 heterocycles. The Morgan fingerprint density at radius 2 is 2.19 bits per heavy atom. The highest BCUT2D eigenvalue weighted by atomic mass is 79.9. The first kappa shape index (κ1) is 18.3. The van der Waals surface area contributed by atoms with E-state index in [2.05, 4.69) is 26.2 Å². The summed E-state index contributed by atoms with van der Waals surface area (Å²) in [5.74, 6) is 0.337. The van der Waals surface area contributed by atoms with E-state index in [-0.39, 0.29) is 10.9 Å². The molecule has 120 valence electrons. The minimum absolute atomic E-state index is 0.117. The van der Waals surface area contributed by atoms with Crippen LogP contribution in [0.15, 0.2) is 21.6 Å². The van der Waals surface area contributed by atoms with Crippen molar-refractivity contribution in [2.75, 3.05) is 32.6 Å². The molecule has 1 aromatic heterocycles. The van der Waals surface area contributed by atoms with E-state index in [1.165, 1.54) is 4.31 Å². The Morgan fingerprint density at radius 1 is 1.52 bits per heavy atom. The van der Waals surface area contributed by atoms with Crippen LogP contribution in [0.5, 0.6) is 0 Å². The number of hydrogen-bond acceptors (Lipinski definition) is 5. The first-order valence-electron chi connectivity index (χ1n) is 6.72. The number of nitrogens with one attached hydrogen (secondary N) is 1. The van der Waals surface area contributed by atoms with Crippen LogP contribution in [0.25, 0.3) is 0 Å². The van der Waals surface area contributed by atoms with Gasteiger partial charge in [0.05, 0.1) is 6.61 Å². The molecule has 8 heteroatoms. The average Bonchev–Trinajstić information content (AvgIpc) is 2.47. The smallest absolute Gasteiger partial charge is 0.247 e. The molecule has 1 N–H and O–H groups in total. The molecule has 0 amide bonds. The van der Waals surface area contributed by atoms with Crippen LogP contribution >= 0.6 is 15.9 Å².